The Kier molecular flexibility index (Phi) is 4.27. The number of aryl methyl sites for hydroxylation is 1. The standard InChI is InChI=1S/C15H20N2O3/c1-5-11-7-8-12-14(20-15(18)19-6-2)13(10(3)4)16-17(12)9-11/h7-10H,5-6H2,1-4H3. The van der Waals surface area contributed by atoms with E-state index in [1.165, 1.54) is 5.56 Å². The van der Waals surface area contributed by atoms with E-state index in [0.717, 1.165) is 17.6 Å². The molecule has 0 unspecified atom stereocenters. The van der Waals surface area contributed by atoms with Gasteiger partial charge in [0.2, 0.25) is 0 Å². The van der Waals surface area contributed by atoms with E-state index in [-0.39, 0.29) is 12.5 Å². The van der Waals surface area contributed by atoms with Gasteiger partial charge in [-0.25, -0.2) is 9.31 Å². The first-order chi connectivity index (χ1) is 9.56. The van der Waals surface area contributed by atoms with Crippen LogP contribution in [-0.2, 0) is 11.2 Å². The molecule has 0 spiro atoms. The van der Waals surface area contributed by atoms with Crippen LogP contribution in [0.4, 0.5) is 4.79 Å². The van der Waals surface area contributed by atoms with Gasteiger partial charge in [-0.2, -0.15) is 5.10 Å². The SMILES string of the molecule is CCOC(=O)Oc1c(C(C)C)nn2cc(CC)ccc12. The Balaban J connectivity index is 2.48. The fourth-order valence-corrected chi connectivity index (χ4v) is 2.01. The number of hydrogen-bond donors (Lipinski definition) is 0. The molecule has 2 aromatic rings. The largest absolute Gasteiger partial charge is 0.513 e. The Hall–Kier alpha value is -2.04. The third-order valence-corrected chi connectivity index (χ3v) is 3.07. The summed E-state index contributed by atoms with van der Waals surface area (Å²) in [7, 11) is 0. The number of nitrogens with zero attached hydrogens (tertiary/aromatic N) is 2. The molecule has 0 radical (unpaired) electrons. The average Bonchev–Trinajstić information content (AvgIpc) is 2.77. The van der Waals surface area contributed by atoms with Gasteiger partial charge in [-0.1, -0.05) is 26.8 Å². The van der Waals surface area contributed by atoms with Gasteiger partial charge in [-0.15, -0.1) is 0 Å². The predicted octanol–water partition coefficient (Wildman–Crippen LogP) is 3.56. The number of pyridine rings is 1. The minimum atomic E-state index is -0.691. The number of carbonyl (C=O) groups excluding carboxylic acids is 1. The highest BCUT2D eigenvalue weighted by atomic mass is 16.7. The van der Waals surface area contributed by atoms with Gasteiger partial charge in [0.25, 0.3) is 0 Å². The molecule has 0 fully saturated rings. The van der Waals surface area contributed by atoms with Crippen LogP contribution in [0.3, 0.4) is 0 Å². The Morgan fingerprint density at radius 3 is 2.70 bits per heavy atom. The number of ether oxygens (including phenoxy) is 2. The van der Waals surface area contributed by atoms with E-state index < -0.39 is 6.16 Å². The van der Waals surface area contributed by atoms with Crippen LogP contribution in [0, 0.1) is 0 Å². The van der Waals surface area contributed by atoms with Crippen LogP contribution in [0.2, 0.25) is 0 Å². The highest BCUT2D eigenvalue weighted by Gasteiger charge is 2.20. The van der Waals surface area contributed by atoms with Gasteiger partial charge in [0, 0.05) is 12.1 Å². The lowest BCUT2D eigenvalue weighted by Gasteiger charge is -2.06. The maximum atomic E-state index is 11.6. The molecule has 2 heterocycles. The lowest BCUT2D eigenvalue weighted by atomic mass is 10.1. The van der Waals surface area contributed by atoms with Crippen molar-refractivity contribution in [2.45, 2.75) is 40.0 Å². The second kappa shape index (κ2) is 5.94. The van der Waals surface area contributed by atoms with Gasteiger partial charge in [0.15, 0.2) is 5.75 Å². The number of rotatable bonds is 4. The van der Waals surface area contributed by atoms with Crippen molar-refractivity contribution in [3.63, 3.8) is 0 Å². The van der Waals surface area contributed by atoms with Crippen LogP contribution < -0.4 is 4.74 Å². The molecule has 0 saturated carbocycles. The summed E-state index contributed by atoms with van der Waals surface area (Å²) in [6.07, 6.45) is 2.20. The molecular formula is C15H20N2O3. The molecule has 0 amide bonds. The maximum absolute atomic E-state index is 11.6. The van der Waals surface area contributed by atoms with Crippen LogP contribution in [0.5, 0.6) is 5.75 Å². The van der Waals surface area contributed by atoms with Crippen molar-refractivity contribution in [1.29, 1.82) is 0 Å². The molecule has 2 aromatic heterocycles. The van der Waals surface area contributed by atoms with Crippen molar-refractivity contribution in [3.05, 3.63) is 29.6 Å². The second-order valence-electron chi connectivity index (χ2n) is 4.87. The molecule has 0 saturated heterocycles. The monoisotopic (exact) mass is 276 g/mol. The van der Waals surface area contributed by atoms with Crippen molar-refractivity contribution in [1.82, 2.24) is 9.61 Å². The van der Waals surface area contributed by atoms with Crippen LogP contribution in [0.15, 0.2) is 18.3 Å². The van der Waals surface area contributed by atoms with Gasteiger partial charge in [0.05, 0.1) is 6.61 Å². The first-order valence-corrected chi connectivity index (χ1v) is 6.92. The molecular weight excluding hydrogens is 256 g/mol. The molecule has 0 atom stereocenters. The van der Waals surface area contributed by atoms with Gasteiger partial charge in [0.1, 0.15) is 11.2 Å². The molecule has 2 rings (SSSR count). The van der Waals surface area contributed by atoms with E-state index in [4.69, 9.17) is 9.47 Å². The number of carbonyl (C=O) groups is 1. The molecule has 5 nitrogen and oxygen atoms in total. The van der Waals surface area contributed by atoms with Crippen LogP contribution >= 0.6 is 0 Å². The fraction of sp³-hybridized carbons (Fsp3) is 0.467. The van der Waals surface area contributed by atoms with Crippen molar-refractivity contribution >= 4 is 11.7 Å². The third-order valence-electron chi connectivity index (χ3n) is 3.07. The fourth-order valence-electron chi connectivity index (χ4n) is 2.01. The number of aromatic nitrogens is 2. The van der Waals surface area contributed by atoms with E-state index >= 15 is 0 Å². The molecule has 5 heteroatoms. The van der Waals surface area contributed by atoms with Crippen molar-refractivity contribution < 1.29 is 14.3 Å². The van der Waals surface area contributed by atoms with E-state index in [0.29, 0.717) is 5.75 Å². The lowest BCUT2D eigenvalue weighted by Crippen LogP contribution is -2.11. The zero-order valence-electron chi connectivity index (χ0n) is 12.3. The molecule has 0 aliphatic carbocycles. The van der Waals surface area contributed by atoms with E-state index in [2.05, 4.69) is 12.0 Å². The smallest absolute Gasteiger partial charge is 0.434 e. The molecule has 0 aliphatic heterocycles. The van der Waals surface area contributed by atoms with E-state index in [1.54, 1.807) is 11.4 Å². The topological polar surface area (TPSA) is 52.8 Å². The highest BCUT2D eigenvalue weighted by Crippen LogP contribution is 2.31. The third kappa shape index (κ3) is 2.76. The minimum absolute atomic E-state index is 0.157. The van der Waals surface area contributed by atoms with Crippen LogP contribution in [-0.4, -0.2) is 22.4 Å². The molecule has 0 N–H and O–H groups in total. The van der Waals surface area contributed by atoms with Crippen molar-refractivity contribution in [3.8, 4) is 5.75 Å². The summed E-state index contributed by atoms with van der Waals surface area (Å²) in [5.74, 6) is 0.644. The molecule has 0 aromatic carbocycles. The summed E-state index contributed by atoms with van der Waals surface area (Å²) in [6.45, 7) is 8.15. The van der Waals surface area contributed by atoms with Crippen molar-refractivity contribution in [2.24, 2.45) is 0 Å². The number of fused-ring (bicyclic) bond motifs is 1. The summed E-state index contributed by atoms with van der Waals surface area (Å²) in [5, 5.41) is 4.52. The van der Waals surface area contributed by atoms with Gasteiger partial charge in [-0.3, -0.25) is 0 Å². The molecule has 0 bridgehead atoms. The normalized spacial score (nSPS) is 11.1. The average molecular weight is 276 g/mol. The Morgan fingerprint density at radius 1 is 1.35 bits per heavy atom. The first kappa shape index (κ1) is 14.4. The quantitative estimate of drug-likeness (QED) is 0.801. The van der Waals surface area contributed by atoms with Gasteiger partial charge >= 0.3 is 6.16 Å². The minimum Gasteiger partial charge on any atom is -0.434 e. The first-order valence-electron chi connectivity index (χ1n) is 6.92. The Labute approximate surface area is 118 Å². The molecule has 20 heavy (non-hydrogen) atoms. The van der Waals surface area contributed by atoms with Gasteiger partial charge < -0.3 is 9.47 Å². The van der Waals surface area contributed by atoms with Crippen molar-refractivity contribution in [2.75, 3.05) is 6.61 Å². The summed E-state index contributed by atoms with van der Waals surface area (Å²) >= 11 is 0. The highest BCUT2D eigenvalue weighted by molar-refractivity contribution is 5.72. The Morgan fingerprint density at radius 2 is 2.10 bits per heavy atom. The summed E-state index contributed by atoms with van der Waals surface area (Å²) in [6, 6.07) is 3.94. The Bertz CT molecular complexity index is 617. The van der Waals surface area contributed by atoms with Gasteiger partial charge in [-0.05, 0) is 25.0 Å². The van der Waals surface area contributed by atoms with Crippen LogP contribution in [0.25, 0.3) is 5.52 Å². The summed E-state index contributed by atoms with van der Waals surface area (Å²) in [4.78, 5) is 11.6. The van der Waals surface area contributed by atoms with E-state index in [9.17, 15) is 4.79 Å². The summed E-state index contributed by atoms with van der Waals surface area (Å²) in [5.41, 5.74) is 2.71. The zero-order chi connectivity index (χ0) is 14.7. The zero-order valence-corrected chi connectivity index (χ0v) is 12.3. The second-order valence-corrected chi connectivity index (χ2v) is 4.87. The van der Waals surface area contributed by atoms with E-state index in [1.807, 2.05) is 32.2 Å². The maximum Gasteiger partial charge on any atom is 0.513 e. The predicted molar refractivity (Wildman–Crippen MR) is 76.3 cm³/mol. The van der Waals surface area contributed by atoms with Crippen LogP contribution in [0.1, 0.15) is 44.9 Å². The molecule has 0 aliphatic rings. The number of hydrogen-bond acceptors (Lipinski definition) is 4. The summed E-state index contributed by atoms with van der Waals surface area (Å²) < 4.78 is 11.9. The lowest BCUT2D eigenvalue weighted by molar-refractivity contribution is 0.104. The molecule has 108 valence electrons.